The van der Waals surface area contributed by atoms with Crippen LogP contribution in [0.3, 0.4) is 0 Å². The minimum atomic E-state index is -0.133. The Bertz CT molecular complexity index is 811. The van der Waals surface area contributed by atoms with Crippen molar-refractivity contribution in [2.24, 2.45) is 5.92 Å². The summed E-state index contributed by atoms with van der Waals surface area (Å²) in [6, 6.07) is 6.53. The maximum Gasteiger partial charge on any atom is 0.223 e. The zero-order valence-corrected chi connectivity index (χ0v) is 17.1. The molecule has 1 unspecified atom stereocenters. The number of carbonyl (C=O) groups excluding carboxylic acids is 1. The molecule has 1 aromatic heterocycles. The highest BCUT2D eigenvalue weighted by Crippen LogP contribution is 2.18. The lowest BCUT2D eigenvalue weighted by Crippen LogP contribution is -2.32. The molecule has 1 amide bonds. The minimum absolute atomic E-state index is 0.0352. The maximum atomic E-state index is 12.0. The Labute approximate surface area is 162 Å². The second-order valence-electron chi connectivity index (χ2n) is 7.97. The Hall–Kier alpha value is -2.21. The zero-order valence-electron chi connectivity index (χ0n) is 17.1. The van der Waals surface area contributed by atoms with E-state index in [0.29, 0.717) is 0 Å². The lowest BCUT2D eigenvalue weighted by atomic mass is 10.1. The quantitative estimate of drug-likeness (QED) is 0.880. The molecule has 1 aliphatic heterocycles. The SMILES string of the molecule is Cc1ccc(C)c(CN2CCc3nnc(C(C)NC(=O)C(C)C)n3CC2)c1. The first kappa shape index (κ1) is 19.5. The number of fused-ring (bicyclic) bond motifs is 1. The lowest BCUT2D eigenvalue weighted by Gasteiger charge is -2.21. The molecule has 0 saturated heterocycles. The fraction of sp³-hybridized carbons (Fsp3) is 0.571. The van der Waals surface area contributed by atoms with Gasteiger partial charge < -0.3 is 9.88 Å². The van der Waals surface area contributed by atoms with Gasteiger partial charge in [-0.3, -0.25) is 9.69 Å². The summed E-state index contributed by atoms with van der Waals surface area (Å²) in [6.45, 7) is 13.8. The van der Waals surface area contributed by atoms with Gasteiger partial charge in [0.1, 0.15) is 5.82 Å². The van der Waals surface area contributed by atoms with Gasteiger partial charge in [0.2, 0.25) is 5.91 Å². The molecular formula is C21H31N5O. The smallest absolute Gasteiger partial charge is 0.223 e. The van der Waals surface area contributed by atoms with E-state index in [4.69, 9.17) is 0 Å². The predicted octanol–water partition coefficient (Wildman–Crippen LogP) is 2.79. The van der Waals surface area contributed by atoms with E-state index in [-0.39, 0.29) is 17.9 Å². The molecule has 2 aromatic rings. The van der Waals surface area contributed by atoms with Crippen LogP contribution in [0.15, 0.2) is 18.2 Å². The van der Waals surface area contributed by atoms with Gasteiger partial charge in [-0.05, 0) is 31.9 Å². The molecule has 2 heterocycles. The van der Waals surface area contributed by atoms with Gasteiger partial charge in [0.05, 0.1) is 6.04 Å². The van der Waals surface area contributed by atoms with Crippen LogP contribution in [0.5, 0.6) is 0 Å². The van der Waals surface area contributed by atoms with Crippen LogP contribution in [0.4, 0.5) is 0 Å². The summed E-state index contributed by atoms with van der Waals surface area (Å²) in [6.07, 6.45) is 0.878. The van der Waals surface area contributed by atoms with Crippen LogP contribution >= 0.6 is 0 Å². The largest absolute Gasteiger partial charge is 0.346 e. The molecule has 27 heavy (non-hydrogen) atoms. The Kier molecular flexibility index (Phi) is 5.95. The average molecular weight is 370 g/mol. The van der Waals surface area contributed by atoms with Crippen molar-refractivity contribution in [3.63, 3.8) is 0 Å². The molecule has 0 saturated carbocycles. The molecule has 1 atom stereocenters. The molecule has 0 spiro atoms. The highest BCUT2D eigenvalue weighted by molar-refractivity contribution is 5.78. The fourth-order valence-electron chi connectivity index (χ4n) is 3.52. The Morgan fingerprint density at radius 2 is 1.93 bits per heavy atom. The molecular weight excluding hydrogens is 338 g/mol. The summed E-state index contributed by atoms with van der Waals surface area (Å²) in [5.74, 6) is 1.88. The Morgan fingerprint density at radius 1 is 1.15 bits per heavy atom. The number of hydrogen-bond donors (Lipinski definition) is 1. The molecule has 0 aliphatic carbocycles. The number of aryl methyl sites for hydroxylation is 2. The van der Waals surface area contributed by atoms with E-state index < -0.39 is 0 Å². The molecule has 0 fully saturated rings. The van der Waals surface area contributed by atoms with E-state index in [1.54, 1.807) is 0 Å². The highest BCUT2D eigenvalue weighted by Gasteiger charge is 2.23. The van der Waals surface area contributed by atoms with E-state index in [1.807, 2.05) is 20.8 Å². The Morgan fingerprint density at radius 3 is 2.67 bits per heavy atom. The van der Waals surface area contributed by atoms with Crippen LogP contribution < -0.4 is 5.32 Å². The number of nitrogens with one attached hydrogen (secondary N) is 1. The minimum Gasteiger partial charge on any atom is -0.346 e. The molecule has 3 rings (SSSR count). The number of hydrogen-bond acceptors (Lipinski definition) is 4. The van der Waals surface area contributed by atoms with Crippen LogP contribution in [0.1, 0.15) is 55.2 Å². The predicted molar refractivity (Wildman–Crippen MR) is 106 cm³/mol. The van der Waals surface area contributed by atoms with Crippen molar-refractivity contribution < 1.29 is 4.79 Å². The fourth-order valence-corrected chi connectivity index (χ4v) is 3.52. The molecule has 1 N–H and O–H groups in total. The van der Waals surface area contributed by atoms with E-state index in [2.05, 4.69) is 57.0 Å². The first-order valence-corrected chi connectivity index (χ1v) is 9.86. The second kappa shape index (κ2) is 8.21. The number of aromatic nitrogens is 3. The molecule has 0 bridgehead atoms. The van der Waals surface area contributed by atoms with Crippen molar-refractivity contribution in [3.8, 4) is 0 Å². The number of carbonyl (C=O) groups is 1. The second-order valence-corrected chi connectivity index (χ2v) is 7.97. The van der Waals surface area contributed by atoms with Crippen molar-refractivity contribution in [2.45, 2.75) is 60.2 Å². The summed E-state index contributed by atoms with van der Waals surface area (Å²) in [7, 11) is 0. The maximum absolute atomic E-state index is 12.0. The molecule has 6 heteroatoms. The highest BCUT2D eigenvalue weighted by atomic mass is 16.1. The average Bonchev–Trinajstić information content (AvgIpc) is 2.93. The third-order valence-electron chi connectivity index (χ3n) is 5.32. The van der Waals surface area contributed by atoms with Crippen LogP contribution in [0.2, 0.25) is 0 Å². The third kappa shape index (κ3) is 4.56. The zero-order chi connectivity index (χ0) is 19.6. The van der Waals surface area contributed by atoms with Gasteiger partial charge in [0.15, 0.2) is 5.82 Å². The molecule has 6 nitrogen and oxygen atoms in total. The molecule has 1 aromatic carbocycles. The Balaban J connectivity index is 1.69. The van der Waals surface area contributed by atoms with E-state index in [9.17, 15) is 4.79 Å². The van der Waals surface area contributed by atoms with Crippen LogP contribution in [-0.4, -0.2) is 38.7 Å². The van der Waals surface area contributed by atoms with E-state index >= 15 is 0 Å². The van der Waals surface area contributed by atoms with Crippen molar-refractivity contribution in [2.75, 3.05) is 13.1 Å². The van der Waals surface area contributed by atoms with Crippen molar-refractivity contribution in [1.82, 2.24) is 25.0 Å². The molecule has 0 radical (unpaired) electrons. The molecule has 1 aliphatic rings. The van der Waals surface area contributed by atoms with E-state index in [0.717, 1.165) is 44.2 Å². The summed E-state index contributed by atoms with van der Waals surface area (Å²) in [5, 5.41) is 11.8. The van der Waals surface area contributed by atoms with Crippen LogP contribution in [0, 0.1) is 19.8 Å². The van der Waals surface area contributed by atoms with Gasteiger partial charge in [-0.2, -0.15) is 0 Å². The first-order valence-electron chi connectivity index (χ1n) is 9.86. The summed E-state index contributed by atoms with van der Waals surface area (Å²) < 4.78 is 2.19. The van der Waals surface area contributed by atoms with Gasteiger partial charge in [-0.1, -0.05) is 37.6 Å². The van der Waals surface area contributed by atoms with Gasteiger partial charge in [0, 0.05) is 38.5 Å². The summed E-state index contributed by atoms with van der Waals surface area (Å²) >= 11 is 0. The number of amides is 1. The van der Waals surface area contributed by atoms with Crippen molar-refractivity contribution in [3.05, 3.63) is 46.5 Å². The summed E-state index contributed by atoms with van der Waals surface area (Å²) in [4.78, 5) is 14.5. The number of nitrogens with zero attached hydrogens (tertiary/aromatic N) is 4. The number of rotatable bonds is 5. The van der Waals surface area contributed by atoms with Crippen LogP contribution in [0.25, 0.3) is 0 Å². The monoisotopic (exact) mass is 369 g/mol. The van der Waals surface area contributed by atoms with E-state index in [1.165, 1.54) is 16.7 Å². The van der Waals surface area contributed by atoms with Gasteiger partial charge in [-0.15, -0.1) is 10.2 Å². The van der Waals surface area contributed by atoms with Crippen molar-refractivity contribution in [1.29, 1.82) is 0 Å². The summed E-state index contributed by atoms with van der Waals surface area (Å²) in [5.41, 5.74) is 4.04. The third-order valence-corrected chi connectivity index (χ3v) is 5.32. The van der Waals surface area contributed by atoms with Crippen molar-refractivity contribution >= 4 is 5.91 Å². The first-order chi connectivity index (χ1) is 12.8. The van der Waals surface area contributed by atoms with Gasteiger partial charge in [-0.25, -0.2) is 0 Å². The van der Waals surface area contributed by atoms with Crippen LogP contribution in [-0.2, 0) is 24.3 Å². The van der Waals surface area contributed by atoms with Gasteiger partial charge in [0.25, 0.3) is 0 Å². The standard InChI is InChI=1S/C21H31N5O/c1-14(2)21(27)22-17(5)20-24-23-19-8-9-25(10-11-26(19)20)13-18-12-15(3)6-7-16(18)4/h6-7,12,14,17H,8-11,13H2,1-5H3,(H,22,27). The molecule has 146 valence electrons. The lowest BCUT2D eigenvalue weighted by molar-refractivity contribution is -0.124. The topological polar surface area (TPSA) is 63.1 Å². The number of benzene rings is 1. The normalized spacial score (nSPS) is 16.1. The van der Waals surface area contributed by atoms with Gasteiger partial charge >= 0.3 is 0 Å².